The molecular weight excluding hydrogens is 198 g/mol. The summed E-state index contributed by atoms with van der Waals surface area (Å²) in [6.07, 6.45) is 1.10. The summed E-state index contributed by atoms with van der Waals surface area (Å²) in [6, 6.07) is 5.98. The first-order chi connectivity index (χ1) is 7.61. The monoisotopic (exact) mass is 219 g/mol. The van der Waals surface area contributed by atoms with Crippen LogP contribution in [0.1, 0.15) is 54.6 Å². The summed E-state index contributed by atoms with van der Waals surface area (Å²) in [6.45, 7) is 9.01. The molecule has 88 valence electrons. The Morgan fingerprint density at radius 1 is 1.38 bits per heavy atom. The third-order valence-corrected chi connectivity index (χ3v) is 3.10. The van der Waals surface area contributed by atoms with Crippen LogP contribution in [0.4, 0.5) is 0 Å². The SMILES string of the molecule is CCNC(=O)c1cccc(C(C)CC)c1C. The van der Waals surface area contributed by atoms with E-state index in [0.717, 1.165) is 17.5 Å². The van der Waals surface area contributed by atoms with Gasteiger partial charge in [-0.25, -0.2) is 0 Å². The van der Waals surface area contributed by atoms with Crippen LogP contribution in [0.3, 0.4) is 0 Å². The normalized spacial score (nSPS) is 12.2. The van der Waals surface area contributed by atoms with Crippen LogP contribution in [0.15, 0.2) is 18.2 Å². The molecule has 0 aliphatic heterocycles. The first-order valence-corrected chi connectivity index (χ1v) is 5.99. The average Bonchev–Trinajstić information content (AvgIpc) is 2.28. The average molecular weight is 219 g/mol. The maximum absolute atomic E-state index is 11.8. The first kappa shape index (κ1) is 12.8. The Hall–Kier alpha value is -1.31. The second kappa shape index (κ2) is 5.69. The second-order valence-electron chi connectivity index (χ2n) is 4.19. The number of hydrogen-bond donors (Lipinski definition) is 1. The van der Waals surface area contributed by atoms with E-state index >= 15 is 0 Å². The first-order valence-electron chi connectivity index (χ1n) is 5.99. The van der Waals surface area contributed by atoms with Gasteiger partial charge in [-0.05, 0) is 43.4 Å². The molecule has 1 rings (SSSR count). The standard InChI is InChI=1S/C14H21NO/c1-5-10(3)12-8-7-9-13(11(12)4)14(16)15-6-2/h7-10H,5-6H2,1-4H3,(H,15,16). The summed E-state index contributed by atoms with van der Waals surface area (Å²) in [5.41, 5.74) is 3.20. The number of benzene rings is 1. The van der Waals surface area contributed by atoms with Crippen LogP contribution in [0, 0.1) is 6.92 Å². The maximum Gasteiger partial charge on any atom is 0.251 e. The van der Waals surface area contributed by atoms with Crippen LogP contribution in [0.2, 0.25) is 0 Å². The Balaban J connectivity index is 3.08. The minimum Gasteiger partial charge on any atom is -0.352 e. The predicted molar refractivity (Wildman–Crippen MR) is 67.9 cm³/mol. The van der Waals surface area contributed by atoms with Crippen molar-refractivity contribution < 1.29 is 4.79 Å². The number of nitrogens with one attached hydrogen (secondary N) is 1. The summed E-state index contributed by atoms with van der Waals surface area (Å²) in [5.74, 6) is 0.541. The molecule has 0 aromatic heterocycles. The molecule has 0 spiro atoms. The van der Waals surface area contributed by atoms with Gasteiger partial charge in [0.2, 0.25) is 0 Å². The Morgan fingerprint density at radius 3 is 2.62 bits per heavy atom. The molecule has 0 aliphatic carbocycles. The molecule has 0 saturated heterocycles. The molecule has 0 heterocycles. The molecule has 1 aromatic carbocycles. The van der Waals surface area contributed by atoms with E-state index in [4.69, 9.17) is 0 Å². The maximum atomic E-state index is 11.8. The van der Waals surface area contributed by atoms with Crippen molar-refractivity contribution in [2.24, 2.45) is 0 Å². The van der Waals surface area contributed by atoms with Crippen molar-refractivity contribution in [2.45, 2.75) is 40.0 Å². The molecular formula is C14H21NO. The quantitative estimate of drug-likeness (QED) is 0.827. The molecule has 0 saturated carbocycles. The van der Waals surface area contributed by atoms with Crippen LogP contribution < -0.4 is 5.32 Å². The lowest BCUT2D eigenvalue weighted by atomic mass is 9.91. The fourth-order valence-corrected chi connectivity index (χ4v) is 1.91. The summed E-state index contributed by atoms with van der Waals surface area (Å²) in [4.78, 5) is 11.8. The van der Waals surface area contributed by atoms with Crippen LogP contribution in [0.25, 0.3) is 0 Å². The molecule has 2 heteroatoms. The molecule has 0 fully saturated rings. The van der Waals surface area contributed by atoms with Crippen LogP contribution in [-0.4, -0.2) is 12.5 Å². The van der Waals surface area contributed by atoms with E-state index in [2.05, 4.69) is 25.2 Å². The number of rotatable bonds is 4. The van der Waals surface area contributed by atoms with Crippen molar-refractivity contribution >= 4 is 5.91 Å². The minimum atomic E-state index is 0.0325. The number of carbonyl (C=O) groups is 1. The number of amides is 1. The highest BCUT2D eigenvalue weighted by molar-refractivity contribution is 5.95. The summed E-state index contributed by atoms with van der Waals surface area (Å²) >= 11 is 0. The zero-order chi connectivity index (χ0) is 12.1. The molecule has 0 aliphatic rings. The number of hydrogen-bond acceptors (Lipinski definition) is 1. The third kappa shape index (κ3) is 2.63. The van der Waals surface area contributed by atoms with Crippen LogP contribution in [0.5, 0.6) is 0 Å². The van der Waals surface area contributed by atoms with Crippen LogP contribution >= 0.6 is 0 Å². The van der Waals surface area contributed by atoms with E-state index < -0.39 is 0 Å². The topological polar surface area (TPSA) is 29.1 Å². The highest BCUT2D eigenvalue weighted by Gasteiger charge is 2.13. The summed E-state index contributed by atoms with van der Waals surface area (Å²) < 4.78 is 0. The summed E-state index contributed by atoms with van der Waals surface area (Å²) in [7, 11) is 0. The van der Waals surface area contributed by atoms with Gasteiger partial charge in [-0.3, -0.25) is 4.79 Å². The molecule has 1 N–H and O–H groups in total. The van der Waals surface area contributed by atoms with Gasteiger partial charge in [-0.15, -0.1) is 0 Å². The lowest BCUT2D eigenvalue weighted by molar-refractivity contribution is 0.0955. The van der Waals surface area contributed by atoms with Crippen LogP contribution in [-0.2, 0) is 0 Å². The third-order valence-electron chi connectivity index (χ3n) is 3.10. The molecule has 1 unspecified atom stereocenters. The Labute approximate surface area is 98.1 Å². The summed E-state index contributed by atoms with van der Waals surface area (Å²) in [5, 5.41) is 2.85. The zero-order valence-corrected chi connectivity index (χ0v) is 10.6. The molecule has 0 bridgehead atoms. The molecule has 1 aromatic rings. The van der Waals surface area contributed by atoms with Gasteiger partial charge in [0, 0.05) is 12.1 Å². The van der Waals surface area contributed by atoms with E-state index in [0.29, 0.717) is 12.5 Å². The largest absolute Gasteiger partial charge is 0.352 e. The van der Waals surface area contributed by atoms with E-state index in [-0.39, 0.29) is 5.91 Å². The Bertz CT molecular complexity index is 371. The van der Waals surface area contributed by atoms with Crippen molar-refractivity contribution in [1.29, 1.82) is 0 Å². The van der Waals surface area contributed by atoms with Crippen molar-refractivity contribution in [3.8, 4) is 0 Å². The highest BCUT2D eigenvalue weighted by atomic mass is 16.1. The van der Waals surface area contributed by atoms with Gasteiger partial charge in [-0.2, -0.15) is 0 Å². The molecule has 0 radical (unpaired) electrons. The van der Waals surface area contributed by atoms with Gasteiger partial charge in [-0.1, -0.05) is 26.0 Å². The lowest BCUT2D eigenvalue weighted by Gasteiger charge is -2.15. The van der Waals surface area contributed by atoms with Crippen molar-refractivity contribution in [3.05, 3.63) is 34.9 Å². The molecule has 2 nitrogen and oxygen atoms in total. The molecule has 16 heavy (non-hydrogen) atoms. The molecule has 1 atom stereocenters. The van der Waals surface area contributed by atoms with Gasteiger partial charge in [0.15, 0.2) is 0 Å². The smallest absolute Gasteiger partial charge is 0.251 e. The fraction of sp³-hybridized carbons (Fsp3) is 0.500. The van der Waals surface area contributed by atoms with E-state index in [1.165, 1.54) is 5.56 Å². The van der Waals surface area contributed by atoms with E-state index in [1.54, 1.807) is 0 Å². The Kier molecular flexibility index (Phi) is 4.53. The fourth-order valence-electron chi connectivity index (χ4n) is 1.91. The molecule has 1 amide bonds. The van der Waals surface area contributed by atoms with Gasteiger partial charge in [0.25, 0.3) is 5.91 Å². The highest BCUT2D eigenvalue weighted by Crippen LogP contribution is 2.24. The number of carbonyl (C=O) groups excluding carboxylic acids is 1. The van der Waals surface area contributed by atoms with Gasteiger partial charge in [0.1, 0.15) is 0 Å². The second-order valence-corrected chi connectivity index (χ2v) is 4.19. The minimum absolute atomic E-state index is 0.0325. The van der Waals surface area contributed by atoms with Crippen molar-refractivity contribution in [3.63, 3.8) is 0 Å². The lowest BCUT2D eigenvalue weighted by Crippen LogP contribution is -2.23. The van der Waals surface area contributed by atoms with Crippen molar-refractivity contribution in [2.75, 3.05) is 6.54 Å². The van der Waals surface area contributed by atoms with Gasteiger partial charge < -0.3 is 5.32 Å². The van der Waals surface area contributed by atoms with E-state index in [1.807, 2.05) is 26.0 Å². The van der Waals surface area contributed by atoms with Crippen molar-refractivity contribution in [1.82, 2.24) is 5.32 Å². The van der Waals surface area contributed by atoms with Gasteiger partial charge >= 0.3 is 0 Å². The zero-order valence-electron chi connectivity index (χ0n) is 10.6. The van der Waals surface area contributed by atoms with Gasteiger partial charge in [0.05, 0.1) is 0 Å². The Morgan fingerprint density at radius 2 is 2.06 bits per heavy atom. The predicted octanol–water partition coefficient (Wildman–Crippen LogP) is 3.26. The van der Waals surface area contributed by atoms with E-state index in [9.17, 15) is 4.79 Å².